The molecule has 1 fully saturated rings. The first-order valence-corrected chi connectivity index (χ1v) is 13.4. The monoisotopic (exact) mass is 483 g/mol. The molecule has 0 saturated carbocycles. The molecular formula is C22H29NO7S2. The van der Waals surface area contributed by atoms with E-state index in [-0.39, 0.29) is 22.9 Å². The Balaban J connectivity index is 1.91. The van der Waals surface area contributed by atoms with Crippen LogP contribution in [0.1, 0.15) is 16.7 Å². The van der Waals surface area contributed by atoms with Crippen LogP contribution in [0.4, 0.5) is 0 Å². The van der Waals surface area contributed by atoms with Crippen molar-refractivity contribution in [1.82, 2.24) is 5.32 Å². The van der Waals surface area contributed by atoms with Gasteiger partial charge in [-0.1, -0.05) is 6.07 Å². The first kappa shape index (κ1) is 24.3. The summed E-state index contributed by atoms with van der Waals surface area (Å²) in [5.74, 6) is 0.639. The normalized spacial score (nSPS) is 20.2. The lowest BCUT2D eigenvalue weighted by Crippen LogP contribution is -2.43. The SMILES string of the molecule is COc1ccc(CN[C@H]2CS(=O)(=O)C[C@@H]2S(=O)(=O)c2cc(C)c(C)cc2OC)cc1OC. The number of ether oxygens (including phenoxy) is 3. The Bertz CT molecular complexity index is 1210. The molecule has 0 spiro atoms. The zero-order chi connectivity index (χ0) is 23.7. The van der Waals surface area contributed by atoms with Gasteiger partial charge in [-0.25, -0.2) is 16.8 Å². The van der Waals surface area contributed by atoms with E-state index in [4.69, 9.17) is 14.2 Å². The first-order chi connectivity index (χ1) is 15.0. The summed E-state index contributed by atoms with van der Waals surface area (Å²) in [6.45, 7) is 3.95. The maximum absolute atomic E-state index is 13.6. The van der Waals surface area contributed by atoms with E-state index < -0.39 is 36.7 Å². The summed E-state index contributed by atoms with van der Waals surface area (Å²) in [7, 11) is -3.04. The molecule has 0 aliphatic carbocycles. The van der Waals surface area contributed by atoms with Crippen LogP contribution in [-0.4, -0.2) is 61.0 Å². The van der Waals surface area contributed by atoms with Crippen LogP contribution in [0, 0.1) is 13.8 Å². The Morgan fingerprint density at radius 1 is 0.906 bits per heavy atom. The maximum Gasteiger partial charge on any atom is 0.187 e. The average molecular weight is 484 g/mol. The van der Waals surface area contributed by atoms with Crippen LogP contribution in [0.25, 0.3) is 0 Å². The van der Waals surface area contributed by atoms with E-state index in [1.165, 1.54) is 21.3 Å². The molecule has 176 valence electrons. The fraction of sp³-hybridized carbons (Fsp3) is 0.455. The van der Waals surface area contributed by atoms with Gasteiger partial charge in [0.25, 0.3) is 0 Å². The minimum Gasteiger partial charge on any atom is -0.495 e. The molecular weight excluding hydrogens is 454 g/mol. The molecule has 0 bridgehead atoms. The van der Waals surface area contributed by atoms with Crippen molar-refractivity contribution in [1.29, 1.82) is 0 Å². The summed E-state index contributed by atoms with van der Waals surface area (Å²) in [4.78, 5) is 0.0168. The molecule has 2 atom stereocenters. The highest BCUT2D eigenvalue weighted by atomic mass is 32.2. The van der Waals surface area contributed by atoms with Crippen LogP contribution in [0.15, 0.2) is 35.2 Å². The molecule has 1 aliphatic heterocycles. The summed E-state index contributed by atoms with van der Waals surface area (Å²) < 4.78 is 67.8. The number of hydrogen-bond acceptors (Lipinski definition) is 8. The minimum atomic E-state index is -3.98. The van der Waals surface area contributed by atoms with Crippen molar-refractivity contribution in [3.63, 3.8) is 0 Å². The van der Waals surface area contributed by atoms with Crippen molar-refractivity contribution in [2.45, 2.75) is 36.6 Å². The Morgan fingerprint density at radius 3 is 2.16 bits per heavy atom. The van der Waals surface area contributed by atoms with Gasteiger partial charge in [-0.2, -0.15) is 0 Å². The van der Waals surface area contributed by atoms with Crippen molar-refractivity contribution in [2.75, 3.05) is 32.8 Å². The number of aryl methyl sites for hydroxylation is 2. The van der Waals surface area contributed by atoms with Crippen molar-refractivity contribution < 1.29 is 31.0 Å². The second-order valence-electron chi connectivity index (χ2n) is 7.92. The zero-order valence-corrected chi connectivity index (χ0v) is 20.5. The van der Waals surface area contributed by atoms with E-state index in [2.05, 4.69) is 5.32 Å². The summed E-state index contributed by atoms with van der Waals surface area (Å²) in [6.07, 6.45) is 0. The van der Waals surface area contributed by atoms with E-state index in [9.17, 15) is 16.8 Å². The Morgan fingerprint density at radius 2 is 1.53 bits per heavy atom. The number of rotatable bonds is 8. The maximum atomic E-state index is 13.6. The molecule has 0 aromatic heterocycles. The molecule has 1 aliphatic rings. The third-order valence-electron chi connectivity index (χ3n) is 5.80. The van der Waals surface area contributed by atoms with Crippen LogP contribution in [-0.2, 0) is 26.2 Å². The molecule has 0 amide bonds. The van der Waals surface area contributed by atoms with E-state index >= 15 is 0 Å². The van der Waals surface area contributed by atoms with Crippen molar-refractivity contribution in [2.24, 2.45) is 0 Å². The number of hydrogen-bond donors (Lipinski definition) is 1. The topological polar surface area (TPSA) is 108 Å². The van der Waals surface area contributed by atoms with Gasteiger partial charge < -0.3 is 19.5 Å². The number of sulfone groups is 2. The molecule has 1 heterocycles. The summed E-state index contributed by atoms with van der Waals surface area (Å²) in [6, 6.07) is 7.79. The molecule has 1 saturated heterocycles. The van der Waals surface area contributed by atoms with E-state index in [0.29, 0.717) is 11.5 Å². The van der Waals surface area contributed by atoms with E-state index in [0.717, 1.165) is 16.7 Å². The Labute approximate surface area is 189 Å². The molecule has 8 nitrogen and oxygen atoms in total. The summed E-state index contributed by atoms with van der Waals surface area (Å²) >= 11 is 0. The second-order valence-corrected chi connectivity index (χ2v) is 12.2. The van der Waals surface area contributed by atoms with Crippen LogP contribution in [0.3, 0.4) is 0 Å². The fourth-order valence-corrected chi connectivity index (χ4v) is 8.80. The van der Waals surface area contributed by atoms with Gasteiger partial charge in [0.15, 0.2) is 31.2 Å². The lowest BCUT2D eigenvalue weighted by atomic mass is 10.1. The lowest BCUT2D eigenvalue weighted by molar-refractivity contribution is 0.354. The van der Waals surface area contributed by atoms with Gasteiger partial charge in [-0.05, 0) is 54.8 Å². The third kappa shape index (κ3) is 4.87. The van der Waals surface area contributed by atoms with Crippen LogP contribution >= 0.6 is 0 Å². The van der Waals surface area contributed by atoms with Crippen molar-refractivity contribution in [3.05, 3.63) is 47.0 Å². The lowest BCUT2D eigenvalue weighted by Gasteiger charge is -2.22. The van der Waals surface area contributed by atoms with Crippen molar-refractivity contribution in [3.8, 4) is 17.2 Å². The number of methoxy groups -OCH3 is 3. The predicted molar refractivity (Wildman–Crippen MR) is 122 cm³/mol. The molecule has 2 aromatic rings. The largest absolute Gasteiger partial charge is 0.495 e. The van der Waals surface area contributed by atoms with Gasteiger partial charge in [0.1, 0.15) is 10.6 Å². The number of nitrogens with one attached hydrogen (secondary N) is 1. The van der Waals surface area contributed by atoms with Gasteiger partial charge in [-0.3, -0.25) is 0 Å². The first-order valence-electron chi connectivity index (χ1n) is 10.1. The van der Waals surface area contributed by atoms with Gasteiger partial charge in [0.05, 0.1) is 38.1 Å². The molecule has 10 heteroatoms. The zero-order valence-electron chi connectivity index (χ0n) is 18.8. The summed E-state index contributed by atoms with van der Waals surface area (Å²) in [5.41, 5.74) is 2.50. The molecule has 2 aromatic carbocycles. The fourth-order valence-electron chi connectivity index (χ4n) is 3.86. The molecule has 0 unspecified atom stereocenters. The minimum absolute atomic E-state index is 0.0168. The van der Waals surface area contributed by atoms with Crippen LogP contribution < -0.4 is 19.5 Å². The highest BCUT2D eigenvalue weighted by Crippen LogP contribution is 2.34. The molecule has 0 radical (unpaired) electrons. The summed E-state index contributed by atoms with van der Waals surface area (Å²) in [5, 5.41) is 2.01. The van der Waals surface area contributed by atoms with Crippen LogP contribution in [0.2, 0.25) is 0 Å². The number of benzene rings is 2. The average Bonchev–Trinajstić information content (AvgIpc) is 3.08. The van der Waals surface area contributed by atoms with Gasteiger partial charge in [0, 0.05) is 12.6 Å². The van der Waals surface area contributed by atoms with Gasteiger partial charge >= 0.3 is 0 Å². The highest BCUT2D eigenvalue weighted by molar-refractivity contribution is 7.96. The van der Waals surface area contributed by atoms with Crippen LogP contribution in [0.5, 0.6) is 17.2 Å². The standard InChI is InChI=1S/C22H29NO7S2/c1-14-8-20(30-5)21(9-15(14)2)32(26,27)22-13-31(24,25)12-17(22)23-11-16-6-7-18(28-3)19(10-16)29-4/h6-10,17,22-23H,11-13H2,1-5H3/t17-,22-/m0/s1. The molecule has 1 N–H and O–H groups in total. The second kappa shape index (κ2) is 9.29. The predicted octanol–water partition coefficient (Wildman–Crippen LogP) is 2.06. The van der Waals surface area contributed by atoms with Gasteiger partial charge in [-0.15, -0.1) is 0 Å². The molecule has 32 heavy (non-hydrogen) atoms. The Kier molecular flexibility index (Phi) is 7.06. The Hall–Kier alpha value is -2.30. The third-order valence-corrected chi connectivity index (χ3v) is 9.97. The quantitative estimate of drug-likeness (QED) is 0.608. The van der Waals surface area contributed by atoms with Crippen molar-refractivity contribution >= 4 is 19.7 Å². The smallest absolute Gasteiger partial charge is 0.187 e. The van der Waals surface area contributed by atoms with Gasteiger partial charge in [0.2, 0.25) is 0 Å². The van der Waals surface area contributed by atoms with E-state index in [1.807, 2.05) is 19.9 Å². The highest BCUT2D eigenvalue weighted by Gasteiger charge is 2.46. The van der Waals surface area contributed by atoms with E-state index in [1.54, 1.807) is 24.3 Å². The molecule has 3 rings (SSSR count).